The molecule has 212 valence electrons. The van der Waals surface area contributed by atoms with Crippen LogP contribution in [0.5, 0.6) is 0 Å². The number of ketones is 1. The molecule has 4 rings (SSSR count). The van der Waals surface area contributed by atoms with Gasteiger partial charge in [0.15, 0.2) is 5.78 Å². The number of hydrogen-bond acceptors (Lipinski definition) is 4. The molecule has 0 unspecified atom stereocenters. The first-order valence-electron chi connectivity index (χ1n) is 12.5. The van der Waals surface area contributed by atoms with Crippen molar-refractivity contribution in [2.75, 3.05) is 6.54 Å². The normalized spacial score (nSPS) is 18.9. The van der Waals surface area contributed by atoms with Gasteiger partial charge in [-0.05, 0) is 69.4 Å². The molecule has 2 aromatic carbocycles. The number of Topliss-reactive ketones (excluding diaryl/α,β-unsaturated/α-hetero) is 1. The van der Waals surface area contributed by atoms with Crippen molar-refractivity contribution in [3.8, 4) is 0 Å². The van der Waals surface area contributed by atoms with E-state index in [1.807, 2.05) is 0 Å². The van der Waals surface area contributed by atoms with Crippen LogP contribution in [0.1, 0.15) is 70.6 Å². The summed E-state index contributed by atoms with van der Waals surface area (Å²) in [6.45, 7) is 2.48. The van der Waals surface area contributed by atoms with E-state index in [-0.39, 0.29) is 39.3 Å². The average molecular weight is 596 g/mol. The summed E-state index contributed by atoms with van der Waals surface area (Å²) < 4.78 is 43.2. The number of aliphatic carboxylic acids is 1. The van der Waals surface area contributed by atoms with Crippen molar-refractivity contribution in [3.63, 3.8) is 0 Å². The van der Waals surface area contributed by atoms with E-state index in [0.717, 1.165) is 29.2 Å². The van der Waals surface area contributed by atoms with Crippen LogP contribution in [0.2, 0.25) is 10.0 Å². The Balaban J connectivity index is 1.64. The van der Waals surface area contributed by atoms with Crippen LogP contribution in [0.25, 0.3) is 0 Å². The average Bonchev–Trinajstić information content (AvgIpc) is 3.23. The van der Waals surface area contributed by atoms with E-state index >= 15 is 0 Å². The van der Waals surface area contributed by atoms with Crippen LogP contribution < -0.4 is 0 Å². The lowest BCUT2D eigenvalue weighted by atomic mass is 9.74. The van der Waals surface area contributed by atoms with Gasteiger partial charge in [-0.2, -0.15) is 5.10 Å². The van der Waals surface area contributed by atoms with Gasteiger partial charge in [0.1, 0.15) is 17.5 Å². The number of aromatic nitrogens is 2. The van der Waals surface area contributed by atoms with E-state index in [0.29, 0.717) is 37.4 Å². The van der Waals surface area contributed by atoms with Crippen LogP contribution in [-0.2, 0) is 11.3 Å². The van der Waals surface area contributed by atoms with Crippen molar-refractivity contribution in [2.24, 2.45) is 5.41 Å². The number of benzene rings is 2. The van der Waals surface area contributed by atoms with E-state index < -0.39 is 47.1 Å². The lowest BCUT2D eigenvalue weighted by molar-refractivity contribution is -0.150. The van der Waals surface area contributed by atoms with Crippen LogP contribution in [0.15, 0.2) is 36.5 Å². The van der Waals surface area contributed by atoms with Crippen LogP contribution in [0, 0.1) is 29.8 Å². The summed E-state index contributed by atoms with van der Waals surface area (Å²) in [7, 11) is 0. The maximum Gasteiger partial charge on any atom is 0.309 e. The number of carbonyl (C=O) groups excluding carboxylic acids is 2. The molecule has 1 heterocycles. The Bertz CT molecular complexity index is 1440. The van der Waals surface area contributed by atoms with Crippen LogP contribution in [0.4, 0.5) is 13.2 Å². The molecule has 40 heavy (non-hydrogen) atoms. The molecule has 0 spiro atoms. The van der Waals surface area contributed by atoms with Gasteiger partial charge < -0.3 is 10.0 Å². The zero-order chi connectivity index (χ0) is 29.4. The van der Waals surface area contributed by atoms with Crippen molar-refractivity contribution >= 4 is 40.9 Å². The Hall–Kier alpha value is -3.37. The Morgan fingerprint density at radius 2 is 1.57 bits per heavy atom. The summed E-state index contributed by atoms with van der Waals surface area (Å²) in [4.78, 5) is 39.7. The van der Waals surface area contributed by atoms with Gasteiger partial charge in [0.05, 0.1) is 45.4 Å². The topological polar surface area (TPSA) is 92.5 Å². The molecule has 0 aliphatic heterocycles. The Kier molecular flexibility index (Phi) is 8.60. The van der Waals surface area contributed by atoms with E-state index in [1.165, 1.54) is 6.20 Å². The minimum Gasteiger partial charge on any atom is -0.481 e. The fourth-order valence-electron chi connectivity index (χ4n) is 5.05. The molecule has 0 bridgehead atoms. The quantitative estimate of drug-likeness (QED) is 0.294. The van der Waals surface area contributed by atoms with Gasteiger partial charge in [0.25, 0.3) is 5.91 Å². The smallest absolute Gasteiger partial charge is 0.309 e. The number of carboxylic acids is 1. The van der Waals surface area contributed by atoms with Crippen LogP contribution in [0.3, 0.4) is 0 Å². The first-order chi connectivity index (χ1) is 18.8. The molecule has 1 aliphatic rings. The van der Waals surface area contributed by atoms with Gasteiger partial charge in [-0.1, -0.05) is 23.2 Å². The Morgan fingerprint density at radius 3 is 2.12 bits per heavy atom. The summed E-state index contributed by atoms with van der Waals surface area (Å²) in [6, 6.07) is 4.49. The van der Waals surface area contributed by atoms with Crippen LogP contribution >= 0.6 is 23.2 Å². The van der Waals surface area contributed by atoms with Crippen molar-refractivity contribution in [3.05, 3.63) is 86.4 Å². The highest BCUT2D eigenvalue weighted by Crippen LogP contribution is 2.41. The minimum absolute atomic E-state index is 0.0974. The second-order valence-electron chi connectivity index (χ2n) is 10.3. The monoisotopic (exact) mass is 595 g/mol. The molecule has 0 atom stereocenters. The predicted molar refractivity (Wildman–Crippen MR) is 142 cm³/mol. The molecule has 1 saturated carbocycles. The SMILES string of the molecule is Cc1c(C(=O)N(CC(=O)c2c(Cl)cc(F)cc2Cl)Cc2cc(F)cc(F)c2)cnn1C1CCC(C)(C(=O)O)CC1. The third-order valence-electron chi connectivity index (χ3n) is 7.40. The fraction of sp³-hybridized carbons (Fsp3) is 0.357. The number of amides is 1. The predicted octanol–water partition coefficient (Wildman–Crippen LogP) is 6.65. The molecule has 1 amide bonds. The fourth-order valence-corrected chi connectivity index (χ4v) is 5.72. The summed E-state index contributed by atoms with van der Waals surface area (Å²) in [5.41, 5.74) is -0.261. The third-order valence-corrected chi connectivity index (χ3v) is 8.00. The maximum atomic E-state index is 13.9. The first kappa shape index (κ1) is 29.6. The second-order valence-corrected chi connectivity index (χ2v) is 11.1. The molecule has 1 fully saturated rings. The number of carbonyl (C=O) groups is 3. The van der Waals surface area contributed by atoms with Gasteiger partial charge in [-0.3, -0.25) is 19.1 Å². The van der Waals surface area contributed by atoms with E-state index in [4.69, 9.17) is 23.2 Å². The van der Waals surface area contributed by atoms with Crippen molar-refractivity contribution < 1.29 is 32.7 Å². The molecule has 7 nitrogen and oxygen atoms in total. The Morgan fingerprint density at radius 1 is 1.02 bits per heavy atom. The largest absolute Gasteiger partial charge is 0.481 e. The molecular formula is C28H26Cl2F3N3O4. The Labute approximate surface area is 238 Å². The first-order valence-corrected chi connectivity index (χ1v) is 13.2. The number of carboxylic acid groups (broad SMARTS) is 1. The second kappa shape index (κ2) is 11.6. The standard InChI is InChI=1S/C28H26Cl2F3N3O4/c1-15-21(12-34-36(15)20-3-5-28(2,6-4-20)27(39)40)26(38)35(13-16-7-17(31)9-18(32)8-16)14-24(37)25-22(29)10-19(33)11-23(25)30/h7-12,20H,3-6,13-14H2,1-2H3,(H,39,40). The van der Waals surface area contributed by atoms with Gasteiger partial charge in [-0.15, -0.1) is 0 Å². The van der Waals surface area contributed by atoms with Gasteiger partial charge in [0.2, 0.25) is 0 Å². The lowest BCUT2D eigenvalue weighted by Gasteiger charge is -2.34. The lowest BCUT2D eigenvalue weighted by Crippen LogP contribution is -2.36. The molecule has 12 heteroatoms. The number of rotatable bonds is 8. The molecule has 0 saturated heterocycles. The molecule has 1 N–H and O–H groups in total. The zero-order valence-corrected chi connectivity index (χ0v) is 23.2. The van der Waals surface area contributed by atoms with Crippen molar-refractivity contribution in [1.29, 1.82) is 0 Å². The summed E-state index contributed by atoms with van der Waals surface area (Å²) in [5, 5.41) is 13.4. The maximum absolute atomic E-state index is 13.9. The third kappa shape index (κ3) is 6.18. The van der Waals surface area contributed by atoms with Crippen molar-refractivity contribution in [2.45, 2.75) is 52.1 Å². The summed E-state index contributed by atoms with van der Waals surface area (Å²) in [6.07, 6.45) is 3.34. The van der Waals surface area contributed by atoms with Gasteiger partial charge >= 0.3 is 5.97 Å². The molecule has 0 radical (unpaired) electrons. The number of hydrogen-bond donors (Lipinski definition) is 1. The molecular weight excluding hydrogens is 570 g/mol. The van der Waals surface area contributed by atoms with E-state index in [2.05, 4.69) is 5.10 Å². The van der Waals surface area contributed by atoms with Crippen molar-refractivity contribution in [1.82, 2.24) is 14.7 Å². The summed E-state index contributed by atoms with van der Waals surface area (Å²) in [5.74, 6) is -4.65. The minimum atomic E-state index is -0.854. The van der Waals surface area contributed by atoms with Gasteiger partial charge in [-0.25, -0.2) is 13.2 Å². The number of halogens is 5. The van der Waals surface area contributed by atoms with Gasteiger partial charge in [0, 0.05) is 18.3 Å². The van der Waals surface area contributed by atoms with Crippen LogP contribution in [-0.4, -0.2) is 44.0 Å². The highest BCUT2D eigenvalue weighted by atomic mass is 35.5. The molecule has 1 aliphatic carbocycles. The van der Waals surface area contributed by atoms with E-state index in [1.54, 1.807) is 18.5 Å². The molecule has 3 aromatic rings. The highest BCUT2D eigenvalue weighted by molar-refractivity contribution is 6.40. The molecule has 1 aromatic heterocycles. The number of nitrogens with zero attached hydrogens (tertiary/aromatic N) is 3. The van der Waals surface area contributed by atoms with E-state index in [9.17, 15) is 32.7 Å². The zero-order valence-electron chi connectivity index (χ0n) is 21.7. The summed E-state index contributed by atoms with van der Waals surface area (Å²) >= 11 is 12.1. The highest BCUT2D eigenvalue weighted by Gasteiger charge is 2.39.